The Balaban J connectivity index is 1.96. The molecule has 23 heavy (non-hydrogen) atoms. The number of hydrogen-bond donors (Lipinski definition) is 2. The summed E-state index contributed by atoms with van der Waals surface area (Å²) in [6, 6.07) is 10.3. The number of hydrogen-bond acceptors (Lipinski definition) is 4. The maximum Gasteiger partial charge on any atom is 0.259 e. The second-order valence-electron chi connectivity index (χ2n) is 5.07. The van der Waals surface area contributed by atoms with Crippen LogP contribution in [0.3, 0.4) is 0 Å². The van der Waals surface area contributed by atoms with Crippen LogP contribution in [0.15, 0.2) is 47.5 Å². The molecular formula is C17H15N3O3. The van der Waals surface area contributed by atoms with Crippen LogP contribution in [0.4, 0.5) is 5.69 Å². The standard InChI is InChI=1S/C17H15N3O3/c1-10-4-3-5-12(15(10)23-2)17(22)20-11-6-7-14-13(8-11)16(21)19-9-18-14/h3-9H,1-2H3,(H,20,22)(H,18,19,21). The fraction of sp³-hybridized carbons (Fsp3) is 0.118. The van der Waals surface area contributed by atoms with Gasteiger partial charge in [0.25, 0.3) is 11.5 Å². The van der Waals surface area contributed by atoms with Gasteiger partial charge in [-0.05, 0) is 36.8 Å². The summed E-state index contributed by atoms with van der Waals surface area (Å²) in [4.78, 5) is 30.9. The van der Waals surface area contributed by atoms with Crippen molar-refractivity contribution < 1.29 is 9.53 Å². The van der Waals surface area contributed by atoms with Crippen molar-refractivity contribution in [3.63, 3.8) is 0 Å². The quantitative estimate of drug-likeness (QED) is 0.778. The summed E-state index contributed by atoms with van der Waals surface area (Å²) < 4.78 is 5.30. The van der Waals surface area contributed by atoms with Gasteiger partial charge in [-0.3, -0.25) is 9.59 Å². The van der Waals surface area contributed by atoms with E-state index < -0.39 is 0 Å². The van der Waals surface area contributed by atoms with E-state index in [9.17, 15) is 9.59 Å². The first-order valence-electron chi connectivity index (χ1n) is 7.02. The van der Waals surface area contributed by atoms with E-state index in [0.29, 0.717) is 27.9 Å². The number of methoxy groups -OCH3 is 1. The normalized spacial score (nSPS) is 10.5. The third-order valence-corrected chi connectivity index (χ3v) is 3.56. The number of para-hydroxylation sites is 1. The Morgan fingerprint density at radius 3 is 2.87 bits per heavy atom. The lowest BCUT2D eigenvalue weighted by molar-refractivity contribution is 0.102. The number of rotatable bonds is 3. The first-order chi connectivity index (χ1) is 11.1. The highest BCUT2D eigenvalue weighted by molar-refractivity contribution is 6.07. The number of nitrogens with zero attached hydrogens (tertiary/aromatic N) is 1. The van der Waals surface area contributed by atoms with Crippen molar-refractivity contribution in [1.82, 2.24) is 9.97 Å². The molecule has 6 heteroatoms. The molecule has 0 aliphatic carbocycles. The molecule has 0 radical (unpaired) electrons. The Hall–Kier alpha value is -3.15. The second-order valence-corrected chi connectivity index (χ2v) is 5.07. The number of anilines is 1. The van der Waals surface area contributed by atoms with Crippen molar-refractivity contribution in [2.45, 2.75) is 6.92 Å². The third-order valence-electron chi connectivity index (χ3n) is 3.56. The first-order valence-corrected chi connectivity index (χ1v) is 7.02. The molecule has 2 N–H and O–H groups in total. The maximum atomic E-state index is 12.5. The Labute approximate surface area is 132 Å². The van der Waals surface area contributed by atoms with E-state index >= 15 is 0 Å². The number of benzene rings is 2. The molecule has 3 rings (SSSR count). The summed E-state index contributed by atoms with van der Waals surface area (Å²) in [5, 5.41) is 3.20. The molecule has 2 aromatic carbocycles. The zero-order valence-corrected chi connectivity index (χ0v) is 12.7. The number of carbonyl (C=O) groups is 1. The van der Waals surface area contributed by atoms with Crippen LogP contribution in [-0.4, -0.2) is 23.0 Å². The van der Waals surface area contributed by atoms with Crippen LogP contribution in [0.5, 0.6) is 5.75 Å². The van der Waals surface area contributed by atoms with E-state index in [1.165, 1.54) is 13.4 Å². The van der Waals surface area contributed by atoms with Crippen molar-refractivity contribution in [1.29, 1.82) is 0 Å². The minimum absolute atomic E-state index is 0.251. The number of nitrogens with one attached hydrogen (secondary N) is 2. The van der Waals surface area contributed by atoms with Gasteiger partial charge in [-0.1, -0.05) is 12.1 Å². The van der Waals surface area contributed by atoms with Crippen LogP contribution < -0.4 is 15.6 Å². The predicted octanol–water partition coefficient (Wildman–Crippen LogP) is 2.49. The van der Waals surface area contributed by atoms with Gasteiger partial charge in [0.1, 0.15) is 5.75 Å². The zero-order chi connectivity index (χ0) is 16.4. The summed E-state index contributed by atoms with van der Waals surface area (Å²) in [5.41, 5.74) is 2.15. The monoisotopic (exact) mass is 309 g/mol. The number of H-pyrrole nitrogens is 1. The average Bonchev–Trinajstić information content (AvgIpc) is 2.55. The summed E-state index contributed by atoms with van der Waals surface area (Å²) in [7, 11) is 1.53. The van der Waals surface area contributed by atoms with Crippen LogP contribution >= 0.6 is 0 Å². The Bertz CT molecular complexity index is 947. The SMILES string of the molecule is COc1c(C)cccc1C(=O)Nc1ccc2nc[nH]c(=O)c2c1. The molecule has 0 unspecified atom stereocenters. The highest BCUT2D eigenvalue weighted by atomic mass is 16.5. The molecule has 0 saturated carbocycles. The lowest BCUT2D eigenvalue weighted by Crippen LogP contribution is -2.14. The fourth-order valence-electron chi connectivity index (χ4n) is 2.45. The van der Waals surface area contributed by atoms with E-state index in [1.54, 1.807) is 30.3 Å². The molecule has 1 amide bonds. The third kappa shape index (κ3) is 2.78. The number of amides is 1. The predicted molar refractivity (Wildman–Crippen MR) is 88.0 cm³/mol. The van der Waals surface area contributed by atoms with Crippen LogP contribution in [-0.2, 0) is 0 Å². The highest BCUT2D eigenvalue weighted by Crippen LogP contribution is 2.24. The van der Waals surface area contributed by atoms with Gasteiger partial charge < -0.3 is 15.0 Å². The van der Waals surface area contributed by atoms with Gasteiger partial charge in [0.15, 0.2) is 0 Å². The topological polar surface area (TPSA) is 84.1 Å². The smallest absolute Gasteiger partial charge is 0.259 e. The van der Waals surface area contributed by atoms with Crippen molar-refractivity contribution in [2.75, 3.05) is 12.4 Å². The van der Waals surface area contributed by atoms with Crippen molar-refractivity contribution in [3.05, 3.63) is 64.2 Å². The minimum Gasteiger partial charge on any atom is -0.496 e. The fourth-order valence-corrected chi connectivity index (χ4v) is 2.45. The molecule has 0 spiro atoms. The summed E-state index contributed by atoms with van der Waals surface area (Å²) in [6.45, 7) is 1.87. The van der Waals surface area contributed by atoms with Crippen molar-refractivity contribution in [3.8, 4) is 5.75 Å². The molecule has 0 bridgehead atoms. The molecule has 0 atom stereocenters. The molecule has 1 heterocycles. The molecule has 0 aliphatic rings. The van der Waals surface area contributed by atoms with Crippen molar-refractivity contribution >= 4 is 22.5 Å². The van der Waals surface area contributed by atoms with Crippen LogP contribution in [0.1, 0.15) is 15.9 Å². The van der Waals surface area contributed by atoms with Crippen molar-refractivity contribution in [2.24, 2.45) is 0 Å². The van der Waals surface area contributed by atoms with Gasteiger partial charge in [-0.25, -0.2) is 4.98 Å². The summed E-state index contributed by atoms with van der Waals surface area (Å²) in [5.74, 6) is 0.232. The summed E-state index contributed by atoms with van der Waals surface area (Å²) >= 11 is 0. The molecule has 116 valence electrons. The van der Waals surface area contributed by atoms with Crippen LogP contribution in [0.25, 0.3) is 10.9 Å². The lowest BCUT2D eigenvalue weighted by Gasteiger charge is -2.11. The molecular weight excluding hydrogens is 294 g/mol. The van der Waals surface area contributed by atoms with E-state index in [2.05, 4.69) is 15.3 Å². The van der Waals surface area contributed by atoms with Gasteiger partial charge in [-0.2, -0.15) is 0 Å². The molecule has 6 nitrogen and oxygen atoms in total. The van der Waals surface area contributed by atoms with Gasteiger partial charge in [0, 0.05) is 5.69 Å². The van der Waals surface area contributed by atoms with Gasteiger partial charge in [-0.15, -0.1) is 0 Å². The van der Waals surface area contributed by atoms with E-state index in [4.69, 9.17) is 4.74 Å². The van der Waals surface area contributed by atoms with Crippen LogP contribution in [0.2, 0.25) is 0 Å². The first kappa shape index (κ1) is 14.8. The zero-order valence-electron chi connectivity index (χ0n) is 12.7. The average molecular weight is 309 g/mol. The van der Waals surface area contributed by atoms with Gasteiger partial charge in [0.2, 0.25) is 0 Å². The lowest BCUT2D eigenvalue weighted by atomic mass is 10.1. The minimum atomic E-state index is -0.301. The largest absolute Gasteiger partial charge is 0.496 e. The van der Waals surface area contributed by atoms with E-state index in [1.807, 2.05) is 13.0 Å². The van der Waals surface area contributed by atoms with Crippen LogP contribution in [0, 0.1) is 6.92 Å². The molecule has 0 aliphatic heterocycles. The van der Waals surface area contributed by atoms with E-state index in [-0.39, 0.29) is 11.5 Å². The van der Waals surface area contributed by atoms with E-state index in [0.717, 1.165) is 5.56 Å². The Morgan fingerprint density at radius 2 is 2.09 bits per heavy atom. The number of carbonyl (C=O) groups excluding carboxylic acids is 1. The number of ether oxygens (including phenoxy) is 1. The molecule has 3 aromatic rings. The highest BCUT2D eigenvalue weighted by Gasteiger charge is 2.14. The van der Waals surface area contributed by atoms with Gasteiger partial charge in [0.05, 0.1) is 29.9 Å². The Morgan fingerprint density at radius 1 is 1.26 bits per heavy atom. The second kappa shape index (κ2) is 5.92. The number of aromatic nitrogens is 2. The number of fused-ring (bicyclic) bond motifs is 1. The summed E-state index contributed by atoms with van der Waals surface area (Å²) in [6.07, 6.45) is 1.35. The molecule has 0 fully saturated rings. The maximum absolute atomic E-state index is 12.5. The molecule has 0 saturated heterocycles. The number of aryl methyl sites for hydroxylation is 1. The number of aromatic amines is 1. The van der Waals surface area contributed by atoms with Gasteiger partial charge >= 0.3 is 0 Å². The molecule has 1 aromatic heterocycles. The Kier molecular flexibility index (Phi) is 3.80.